The smallest absolute Gasteiger partial charge is 0.194 e. The number of carbonyl (C=O) groups is 1. The second-order valence-electron chi connectivity index (χ2n) is 8.45. The molecule has 0 aromatic heterocycles. The third kappa shape index (κ3) is 4.52. The maximum Gasteiger partial charge on any atom is 0.194 e. The van der Waals surface area contributed by atoms with Crippen molar-refractivity contribution in [2.75, 3.05) is 13.1 Å². The van der Waals surface area contributed by atoms with Gasteiger partial charge in [-0.2, -0.15) is 0 Å². The van der Waals surface area contributed by atoms with E-state index >= 15 is 0 Å². The van der Waals surface area contributed by atoms with Gasteiger partial charge in [-0.05, 0) is 61.9 Å². The second kappa shape index (κ2) is 9.00. The Morgan fingerprint density at radius 2 is 1.68 bits per heavy atom. The molecule has 3 heteroatoms. The number of piperidine rings is 1. The van der Waals surface area contributed by atoms with Gasteiger partial charge in [-0.3, -0.25) is 4.79 Å². The van der Waals surface area contributed by atoms with Gasteiger partial charge in [0.1, 0.15) is 18.4 Å². The second-order valence-corrected chi connectivity index (χ2v) is 8.45. The van der Waals surface area contributed by atoms with E-state index in [1.165, 1.54) is 29.2 Å². The Labute approximate surface area is 169 Å². The normalized spacial score (nSPS) is 17.3. The Kier molecular flexibility index (Phi) is 6.66. The number of benzene rings is 2. The zero-order chi connectivity index (χ0) is 20.1. The molecule has 2 aromatic carbocycles. The van der Waals surface area contributed by atoms with Gasteiger partial charge in [-0.15, -0.1) is 0 Å². The van der Waals surface area contributed by atoms with Crippen LogP contribution in [0.25, 0.3) is 0 Å². The molecule has 0 N–H and O–H groups in total. The van der Waals surface area contributed by atoms with Crippen LogP contribution in [-0.4, -0.2) is 29.4 Å². The van der Waals surface area contributed by atoms with Crippen LogP contribution in [0.5, 0.6) is 0 Å². The summed E-state index contributed by atoms with van der Waals surface area (Å²) < 4.78 is 14.6. The average Bonchev–Trinajstić information content (AvgIpc) is 2.66. The fraction of sp³-hybridized carbons (Fsp3) is 0.480. The number of likely N-dealkylation sites (tertiary alicyclic amines) is 1. The van der Waals surface area contributed by atoms with E-state index in [0.29, 0.717) is 12.2 Å². The summed E-state index contributed by atoms with van der Waals surface area (Å²) in [6.07, 6.45) is 4.84. The van der Waals surface area contributed by atoms with E-state index in [2.05, 4.69) is 39.0 Å². The molecule has 1 atom stereocenters. The highest BCUT2D eigenvalue weighted by molar-refractivity contribution is 5.85. The molecule has 0 amide bonds. The molecular weight excluding hydrogens is 349 g/mol. The van der Waals surface area contributed by atoms with E-state index in [0.717, 1.165) is 48.9 Å². The van der Waals surface area contributed by atoms with Crippen LogP contribution in [-0.2, 0) is 17.8 Å². The van der Waals surface area contributed by atoms with Crippen LogP contribution < -0.4 is 0 Å². The monoisotopic (exact) mass is 382 g/mol. The van der Waals surface area contributed by atoms with Gasteiger partial charge < -0.3 is 4.48 Å². The third-order valence-electron chi connectivity index (χ3n) is 6.51. The Morgan fingerprint density at radius 1 is 1.04 bits per heavy atom. The first-order valence-corrected chi connectivity index (χ1v) is 10.6. The lowest BCUT2D eigenvalue weighted by molar-refractivity contribution is -0.959. The first kappa shape index (κ1) is 20.7. The molecule has 1 aliphatic heterocycles. The van der Waals surface area contributed by atoms with Crippen molar-refractivity contribution in [3.05, 3.63) is 70.5 Å². The lowest BCUT2D eigenvalue weighted by Crippen LogP contribution is -2.60. The maximum absolute atomic E-state index is 13.8. The highest BCUT2D eigenvalue weighted by Gasteiger charge is 2.41. The van der Waals surface area contributed by atoms with Crippen molar-refractivity contribution in [1.29, 1.82) is 0 Å². The lowest BCUT2D eigenvalue weighted by Gasteiger charge is -2.46. The first-order valence-electron chi connectivity index (χ1n) is 10.6. The highest BCUT2D eigenvalue weighted by Crippen LogP contribution is 2.30. The van der Waals surface area contributed by atoms with Crippen LogP contribution in [0.15, 0.2) is 42.5 Å². The molecule has 0 spiro atoms. The Morgan fingerprint density at radius 3 is 2.29 bits per heavy atom. The number of Topliss-reactive ketones (excluding diaryl/α,β-unsaturated/α-hetero) is 1. The fourth-order valence-electron chi connectivity index (χ4n) is 5.06. The predicted octanol–water partition coefficient (Wildman–Crippen LogP) is 5.53. The van der Waals surface area contributed by atoms with Gasteiger partial charge in [-0.1, -0.05) is 37.3 Å². The van der Waals surface area contributed by atoms with Crippen molar-refractivity contribution < 1.29 is 13.7 Å². The van der Waals surface area contributed by atoms with Crippen molar-refractivity contribution in [2.45, 2.75) is 65.5 Å². The number of aryl methyl sites for hydroxylation is 2. The van der Waals surface area contributed by atoms with E-state index < -0.39 is 0 Å². The Balaban J connectivity index is 1.89. The number of carbonyl (C=O) groups excluding carboxylic acids is 1. The number of nitrogens with zero attached hydrogens (tertiary/aromatic N) is 1. The van der Waals surface area contributed by atoms with Gasteiger partial charge in [0.2, 0.25) is 0 Å². The molecular formula is C25H33FNO+. The standard InChI is InChI=1S/C25H33FNO/c1-4-24(25(28)17-23-19(2)10-8-11-20(23)3)27(14-6-5-7-15-27)18-21-12-9-13-22(26)16-21/h8-13,16,24H,4-7,14-15,17-18H2,1-3H3/q+1. The summed E-state index contributed by atoms with van der Waals surface area (Å²) in [6, 6.07) is 13.1. The van der Waals surface area contributed by atoms with Gasteiger partial charge in [0.05, 0.1) is 13.1 Å². The largest absolute Gasteiger partial charge is 0.311 e. The molecule has 0 aliphatic carbocycles. The van der Waals surface area contributed by atoms with Crippen LogP contribution >= 0.6 is 0 Å². The molecule has 3 rings (SSSR count). The van der Waals surface area contributed by atoms with Crippen LogP contribution in [0.3, 0.4) is 0 Å². The van der Waals surface area contributed by atoms with E-state index in [4.69, 9.17) is 0 Å². The zero-order valence-electron chi connectivity index (χ0n) is 17.5. The molecule has 1 heterocycles. The molecule has 1 fully saturated rings. The van der Waals surface area contributed by atoms with Crippen LogP contribution in [0.1, 0.15) is 54.9 Å². The third-order valence-corrected chi connectivity index (χ3v) is 6.51. The molecule has 150 valence electrons. The summed E-state index contributed by atoms with van der Waals surface area (Å²) in [4.78, 5) is 13.5. The summed E-state index contributed by atoms with van der Waals surface area (Å²) >= 11 is 0. The molecule has 1 unspecified atom stereocenters. The van der Waals surface area contributed by atoms with E-state index in [1.807, 2.05) is 6.07 Å². The van der Waals surface area contributed by atoms with E-state index in [1.54, 1.807) is 12.1 Å². The zero-order valence-corrected chi connectivity index (χ0v) is 17.5. The molecule has 0 radical (unpaired) electrons. The minimum Gasteiger partial charge on any atom is -0.311 e. The minimum absolute atomic E-state index is 0.0254. The van der Waals surface area contributed by atoms with Gasteiger partial charge in [0, 0.05) is 18.4 Å². The summed E-state index contributed by atoms with van der Waals surface area (Å²) in [6.45, 7) is 9.08. The number of hydrogen-bond acceptors (Lipinski definition) is 1. The van der Waals surface area contributed by atoms with Crippen LogP contribution in [0.4, 0.5) is 4.39 Å². The molecule has 1 aliphatic rings. The van der Waals surface area contributed by atoms with Crippen molar-refractivity contribution in [3.8, 4) is 0 Å². The molecule has 28 heavy (non-hydrogen) atoms. The fourth-order valence-corrected chi connectivity index (χ4v) is 5.06. The van der Waals surface area contributed by atoms with Gasteiger partial charge in [0.25, 0.3) is 0 Å². The molecule has 2 aromatic rings. The number of quaternary nitrogens is 1. The number of halogens is 1. The Bertz CT molecular complexity index is 803. The van der Waals surface area contributed by atoms with E-state index in [9.17, 15) is 9.18 Å². The summed E-state index contributed by atoms with van der Waals surface area (Å²) in [7, 11) is 0. The Hall–Kier alpha value is -2.00. The SMILES string of the molecule is CCC(C(=O)Cc1c(C)cccc1C)[N+]1(Cc2cccc(F)c2)CCCCC1. The summed E-state index contributed by atoms with van der Waals surface area (Å²) in [5.41, 5.74) is 4.56. The van der Waals surface area contributed by atoms with Crippen molar-refractivity contribution in [1.82, 2.24) is 0 Å². The molecule has 0 saturated carbocycles. The maximum atomic E-state index is 13.8. The molecule has 0 bridgehead atoms. The van der Waals surface area contributed by atoms with Crippen LogP contribution in [0, 0.1) is 19.7 Å². The van der Waals surface area contributed by atoms with Crippen molar-refractivity contribution in [2.24, 2.45) is 0 Å². The quantitative estimate of drug-likeness (QED) is 0.575. The lowest BCUT2D eigenvalue weighted by atomic mass is 9.91. The highest BCUT2D eigenvalue weighted by atomic mass is 19.1. The molecule has 2 nitrogen and oxygen atoms in total. The number of ketones is 1. The van der Waals surface area contributed by atoms with E-state index in [-0.39, 0.29) is 11.9 Å². The first-order chi connectivity index (χ1) is 13.4. The van der Waals surface area contributed by atoms with Crippen LogP contribution in [0.2, 0.25) is 0 Å². The number of rotatable bonds is 7. The average molecular weight is 383 g/mol. The minimum atomic E-state index is -0.192. The van der Waals surface area contributed by atoms with Gasteiger partial charge in [0.15, 0.2) is 5.78 Å². The summed E-state index contributed by atoms with van der Waals surface area (Å²) in [5.74, 6) is 0.140. The topological polar surface area (TPSA) is 17.1 Å². The van der Waals surface area contributed by atoms with Crippen molar-refractivity contribution in [3.63, 3.8) is 0 Å². The predicted molar refractivity (Wildman–Crippen MR) is 113 cm³/mol. The number of hydrogen-bond donors (Lipinski definition) is 0. The van der Waals surface area contributed by atoms with Crippen molar-refractivity contribution >= 4 is 5.78 Å². The van der Waals surface area contributed by atoms with Gasteiger partial charge in [-0.25, -0.2) is 4.39 Å². The van der Waals surface area contributed by atoms with Gasteiger partial charge >= 0.3 is 0 Å². The molecule has 1 saturated heterocycles. The summed E-state index contributed by atoms with van der Waals surface area (Å²) in [5, 5.41) is 0.